The zero-order valence-electron chi connectivity index (χ0n) is 15.7. The molecule has 2 aromatic heterocycles. The van der Waals surface area contributed by atoms with Gasteiger partial charge in [0.15, 0.2) is 5.82 Å². The molecule has 3 rings (SSSR count). The highest BCUT2D eigenvalue weighted by atomic mass is 19.1. The maximum absolute atomic E-state index is 13.6. The maximum atomic E-state index is 13.6. The average Bonchev–Trinajstić information content (AvgIpc) is 3.12. The third-order valence-electron chi connectivity index (χ3n) is 4.13. The van der Waals surface area contributed by atoms with Gasteiger partial charge < -0.3 is 15.6 Å². The van der Waals surface area contributed by atoms with Crippen molar-refractivity contribution in [2.75, 3.05) is 18.0 Å². The van der Waals surface area contributed by atoms with Crippen LogP contribution in [-0.2, 0) is 0 Å². The molecule has 0 bridgehead atoms. The van der Waals surface area contributed by atoms with E-state index in [0.717, 1.165) is 24.7 Å². The summed E-state index contributed by atoms with van der Waals surface area (Å²) in [5.74, 6) is 5.05. The Bertz CT molecular complexity index is 1140. The molecule has 0 radical (unpaired) electrons. The number of nitriles is 1. The Kier molecular flexibility index (Phi) is 6.00. The molecule has 0 aliphatic rings. The number of nitrogens with two attached hydrogens (primary N) is 1. The first-order chi connectivity index (χ1) is 14.0. The zero-order chi connectivity index (χ0) is 20.8. The van der Waals surface area contributed by atoms with Crippen molar-refractivity contribution >= 4 is 22.6 Å². The molecular formula is C20H18FN7O. The van der Waals surface area contributed by atoms with Crippen molar-refractivity contribution in [1.82, 2.24) is 19.9 Å². The second-order valence-corrected chi connectivity index (χ2v) is 6.21. The van der Waals surface area contributed by atoms with E-state index < -0.39 is 11.7 Å². The summed E-state index contributed by atoms with van der Waals surface area (Å²) < 4.78 is 13.6. The highest BCUT2D eigenvalue weighted by molar-refractivity contribution is 6.04. The topological polar surface area (TPSA) is 125 Å². The molecule has 9 heteroatoms. The number of halogens is 1. The number of benzene rings is 1. The van der Waals surface area contributed by atoms with E-state index in [1.807, 2.05) is 6.07 Å². The molecule has 0 aliphatic heterocycles. The van der Waals surface area contributed by atoms with Gasteiger partial charge >= 0.3 is 0 Å². The molecule has 0 saturated carbocycles. The largest absolute Gasteiger partial charge is 0.368 e. The molecule has 0 fully saturated rings. The number of carbonyl (C=O) groups is 1. The van der Waals surface area contributed by atoms with E-state index in [4.69, 9.17) is 11.0 Å². The highest BCUT2D eigenvalue weighted by Crippen LogP contribution is 2.18. The average molecular weight is 391 g/mol. The molecule has 0 spiro atoms. The van der Waals surface area contributed by atoms with Crippen LogP contribution in [-0.4, -0.2) is 38.9 Å². The van der Waals surface area contributed by atoms with Gasteiger partial charge in [0.25, 0.3) is 5.91 Å². The van der Waals surface area contributed by atoms with Crippen molar-refractivity contribution < 1.29 is 9.18 Å². The number of imidazole rings is 1. The van der Waals surface area contributed by atoms with Crippen LogP contribution in [0.5, 0.6) is 0 Å². The minimum absolute atomic E-state index is 0.0132. The number of amides is 1. The number of hydrogen-bond acceptors (Lipinski definition) is 6. The van der Waals surface area contributed by atoms with E-state index >= 15 is 0 Å². The number of primary amides is 1. The predicted octanol–water partition coefficient (Wildman–Crippen LogP) is 2.12. The number of rotatable bonds is 6. The van der Waals surface area contributed by atoms with Gasteiger partial charge in [-0.2, -0.15) is 5.26 Å². The fraction of sp³-hybridized carbons (Fsp3) is 0.250. The molecule has 8 nitrogen and oxygen atoms in total. The number of anilines is 1. The minimum atomic E-state index is -0.750. The summed E-state index contributed by atoms with van der Waals surface area (Å²) in [5.41, 5.74) is 6.78. The summed E-state index contributed by atoms with van der Waals surface area (Å²) in [6.07, 6.45) is 4.70. The van der Waals surface area contributed by atoms with Gasteiger partial charge in [-0.1, -0.05) is 12.8 Å². The van der Waals surface area contributed by atoms with Gasteiger partial charge in [-0.25, -0.2) is 19.3 Å². The maximum Gasteiger partial charge on any atom is 0.251 e. The Morgan fingerprint density at radius 3 is 2.72 bits per heavy atom. The van der Waals surface area contributed by atoms with Crippen LogP contribution in [0, 0.1) is 29.0 Å². The van der Waals surface area contributed by atoms with Crippen molar-refractivity contribution in [3.8, 4) is 17.9 Å². The minimum Gasteiger partial charge on any atom is -0.368 e. The van der Waals surface area contributed by atoms with Crippen LogP contribution < -0.4 is 10.6 Å². The molecular weight excluding hydrogens is 373 g/mol. The van der Waals surface area contributed by atoms with Gasteiger partial charge in [-0.05, 0) is 24.5 Å². The Hall–Kier alpha value is -3.98. The monoisotopic (exact) mass is 391 g/mol. The van der Waals surface area contributed by atoms with Crippen molar-refractivity contribution in [2.24, 2.45) is 5.73 Å². The normalized spacial score (nSPS) is 10.2. The summed E-state index contributed by atoms with van der Waals surface area (Å²) in [6.45, 7) is 3.49. The molecule has 3 aromatic rings. The summed E-state index contributed by atoms with van der Waals surface area (Å²) in [4.78, 5) is 28.7. The second-order valence-electron chi connectivity index (χ2n) is 6.21. The van der Waals surface area contributed by atoms with E-state index in [9.17, 15) is 9.18 Å². The van der Waals surface area contributed by atoms with E-state index in [2.05, 4.69) is 43.6 Å². The number of H-pyrrole nitrogens is 1. The van der Waals surface area contributed by atoms with Gasteiger partial charge in [0, 0.05) is 19.5 Å². The van der Waals surface area contributed by atoms with E-state index in [1.165, 1.54) is 6.07 Å². The van der Waals surface area contributed by atoms with Crippen LogP contribution in [0.1, 0.15) is 41.8 Å². The number of carbonyl (C=O) groups excluding carboxylic acids is 1. The molecule has 29 heavy (non-hydrogen) atoms. The van der Waals surface area contributed by atoms with Crippen LogP contribution >= 0.6 is 0 Å². The summed E-state index contributed by atoms with van der Waals surface area (Å²) in [7, 11) is 0. The van der Waals surface area contributed by atoms with Crippen LogP contribution in [0.3, 0.4) is 0 Å². The number of hydrogen-bond donors (Lipinski definition) is 2. The van der Waals surface area contributed by atoms with Crippen LogP contribution in [0.25, 0.3) is 11.0 Å². The number of aromatic amines is 1. The Labute approximate surface area is 166 Å². The Morgan fingerprint density at radius 2 is 2.07 bits per heavy atom. The van der Waals surface area contributed by atoms with Gasteiger partial charge in [0.05, 0.1) is 29.2 Å². The van der Waals surface area contributed by atoms with Crippen LogP contribution in [0.4, 0.5) is 10.1 Å². The van der Waals surface area contributed by atoms with E-state index in [-0.39, 0.29) is 11.4 Å². The van der Waals surface area contributed by atoms with Gasteiger partial charge in [0.1, 0.15) is 17.4 Å². The molecule has 3 N–H and O–H groups in total. The Morgan fingerprint density at radius 1 is 1.31 bits per heavy atom. The second kappa shape index (κ2) is 8.81. The van der Waals surface area contributed by atoms with Crippen molar-refractivity contribution in [2.45, 2.75) is 19.8 Å². The lowest BCUT2D eigenvalue weighted by molar-refractivity contribution is 0.100. The quantitative estimate of drug-likeness (QED) is 0.620. The predicted molar refractivity (Wildman–Crippen MR) is 105 cm³/mol. The molecule has 0 atom stereocenters. The van der Waals surface area contributed by atoms with Crippen LogP contribution in [0.2, 0.25) is 0 Å². The van der Waals surface area contributed by atoms with Crippen LogP contribution in [0.15, 0.2) is 24.5 Å². The Balaban J connectivity index is 1.73. The lowest BCUT2D eigenvalue weighted by Gasteiger charge is -2.22. The van der Waals surface area contributed by atoms with Crippen molar-refractivity contribution in [3.63, 3.8) is 0 Å². The zero-order valence-corrected chi connectivity index (χ0v) is 15.7. The third kappa shape index (κ3) is 4.66. The lowest BCUT2D eigenvalue weighted by atomic mass is 10.1. The molecule has 0 saturated heterocycles. The standard InChI is InChI=1S/C20H18FN7O/c1-2-6-28(14-11-24-18(10-22)25-12-14)7-4-3-5-17-26-16-9-13(21)8-15(20(23)29)19(16)27-17/h8-9,11-12H,2,4,6-7H2,1H3,(H2,23,29)(H,26,27). The number of fused-ring (bicyclic) bond motifs is 1. The first-order valence-corrected chi connectivity index (χ1v) is 8.96. The SMILES string of the molecule is CCCN(CCC#Cc1nc2c(C(N)=O)cc(F)cc2[nH]1)c1cnc(C#N)nc1. The van der Waals surface area contributed by atoms with Gasteiger partial charge in [0.2, 0.25) is 5.82 Å². The van der Waals surface area contributed by atoms with E-state index in [0.29, 0.717) is 29.8 Å². The molecule has 2 heterocycles. The number of aromatic nitrogens is 4. The molecule has 1 aromatic carbocycles. The molecule has 146 valence electrons. The fourth-order valence-electron chi connectivity index (χ4n) is 2.85. The van der Waals surface area contributed by atoms with E-state index in [1.54, 1.807) is 12.4 Å². The molecule has 0 aliphatic carbocycles. The van der Waals surface area contributed by atoms with Crippen molar-refractivity contribution in [1.29, 1.82) is 5.26 Å². The summed E-state index contributed by atoms with van der Waals surface area (Å²) in [6, 6.07) is 4.20. The summed E-state index contributed by atoms with van der Waals surface area (Å²) >= 11 is 0. The number of nitrogens with zero attached hydrogens (tertiary/aromatic N) is 5. The first-order valence-electron chi connectivity index (χ1n) is 8.96. The first kappa shape index (κ1) is 19.8. The fourth-order valence-corrected chi connectivity index (χ4v) is 2.85. The van der Waals surface area contributed by atoms with Gasteiger partial charge in [-0.3, -0.25) is 4.79 Å². The molecule has 1 amide bonds. The molecule has 0 unspecified atom stereocenters. The smallest absolute Gasteiger partial charge is 0.251 e. The third-order valence-corrected chi connectivity index (χ3v) is 4.13. The summed E-state index contributed by atoms with van der Waals surface area (Å²) in [5, 5.41) is 8.80. The lowest BCUT2D eigenvalue weighted by Crippen LogP contribution is -2.25. The van der Waals surface area contributed by atoms with Gasteiger partial charge in [-0.15, -0.1) is 0 Å². The van der Waals surface area contributed by atoms with Crippen molar-refractivity contribution in [3.05, 3.63) is 47.6 Å². The number of nitrogens with one attached hydrogen (secondary N) is 1. The highest BCUT2D eigenvalue weighted by Gasteiger charge is 2.13.